The maximum absolute atomic E-state index is 12.1. The second kappa shape index (κ2) is 7.56. The zero-order valence-corrected chi connectivity index (χ0v) is 11.2. The van der Waals surface area contributed by atoms with Gasteiger partial charge in [0.05, 0.1) is 6.54 Å². The molecule has 6 heteroatoms. The molecule has 1 heterocycles. The van der Waals surface area contributed by atoms with Crippen molar-refractivity contribution < 1.29 is 4.79 Å². The third-order valence-electron chi connectivity index (χ3n) is 2.04. The van der Waals surface area contributed by atoms with Crippen LogP contribution in [0, 0.1) is 12.3 Å². The third-order valence-corrected chi connectivity index (χ3v) is 2.89. The summed E-state index contributed by atoms with van der Waals surface area (Å²) in [5, 5.41) is 4.65. The molecule has 0 atom stereocenters. The van der Waals surface area contributed by atoms with Crippen molar-refractivity contribution in [2.75, 3.05) is 18.8 Å². The van der Waals surface area contributed by atoms with Gasteiger partial charge in [-0.25, -0.2) is 9.78 Å². The van der Waals surface area contributed by atoms with E-state index in [9.17, 15) is 4.79 Å². The summed E-state index contributed by atoms with van der Waals surface area (Å²) in [5.74, 6) is 3.18. The van der Waals surface area contributed by atoms with Crippen LogP contribution in [0.4, 0.5) is 4.79 Å². The van der Waals surface area contributed by atoms with Gasteiger partial charge in [-0.15, -0.1) is 18.1 Å². The van der Waals surface area contributed by atoms with Crippen molar-refractivity contribution in [2.24, 2.45) is 0 Å². The lowest BCUT2D eigenvalue weighted by molar-refractivity contribution is 0.202. The van der Waals surface area contributed by atoms with Crippen molar-refractivity contribution in [3.8, 4) is 12.3 Å². The van der Waals surface area contributed by atoms with E-state index in [4.69, 9.17) is 6.42 Å². The van der Waals surface area contributed by atoms with Crippen LogP contribution in [0.2, 0.25) is 0 Å². The van der Waals surface area contributed by atoms with Gasteiger partial charge in [-0.05, 0) is 6.42 Å². The molecule has 0 radical (unpaired) electrons. The molecule has 0 saturated carbocycles. The number of carbonyl (C=O) groups excluding carboxylic acids is 1. The highest BCUT2D eigenvalue weighted by molar-refractivity contribution is 7.99. The first-order valence-corrected chi connectivity index (χ1v) is 6.59. The molecule has 0 N–H and O–H groups in total. The van der Waals surface area contributed by atoms with Crippen LogP contribution in [-0.2, 0) is 0 Å². The van der Waals surface area contributed by atoms with Gasteiger partial charge in [-0.1, -0.05) is 30.7 Å². The minimum Gasteiger partial charge on any atom is -0.312 e. The van der Waals surface area contributed by atoms with Crippen molar-refractivity contribution in [1.82, 2.24) is 19.7 Å². The smallest absolute Gasteiger partial charge is 0.312 e. The number of hydrogen-bond donors (Lipinski definition) is 0. The molecule has 5 nitrogen and oxygen atoms in total. The minimum atomic E-state index is -0.243. The van der Waals surface area contributed by atoms with Gasteiger partial charge in [-0.2, -0.15) is 4.68 Å². The number of thioether (sulfide) groups is 1. The SMILES string of the molecule is C#CCN(CCC)C(=O)n1cnc(SCC=C)n1. The van der Waals surface area contributed by atoms with Crippen LogP contribution in [-0.4, -0.2) is 44.5 Å². The van der Waals surface area contributed by atoms with Crippen LogP contribution >= 0.6 is 11.8 Å². The van der Waals surface area contributed by atoms with Crippen LogP contribution in [0.25, 0.3) is 0 Å². The molecule has 1 aromatic rings. The van der Waals surface area contributed by atoms with Gasteiger partial charge in [-0.3, -0.25) is 0 Å². The number of nitrogens with zero attached hydrogens (tertiary/aromatic N) is 4. The van der Waals surface area contributed by atoms with Crippen LogP contribution < -0.4 is 0 Å². The van der Waals surface area contributed by atoms with Gasteiger partial charge in [0.15, 0.2) is 0 Å². The van der Waals surface area contributed by atoms with E-state index in [1.807, 2.05) is 6.92 Å². The molecule has 0 aliphatic heterocycles. The summed E-state index contributed by atoms with van der Waals surface area (Å²) in [6, 6.07) is -0.243. The number of aromatic nitrogens is 3. The minimum absolute atomic E-state index is 0.243. The van der Waals surface area contributed by atoms with E-state index in [0.29, 0.717) is 17.5 Å². The first-order valence-electron chi connectivity index (χ1n) is 5.61. The molecule has 0 fully saturated rings. The van der Waals surface area contributed by atoms with Crippen LogP contribution in [0.15, 0.2) is 24.1 Å². The normalized spacial score (nSPS) is 9.78. The van der Waals surface area contributed by atoms with Gasteiger partial charge in [0, 0.05) is 12.3 Å². The van der Waals surface area contributed by atoms with E-state index >= 15 is 0 Å². The zero-order valence-electron chi connectivity index (χ0n) is 10.4. The Morgan fingerprint density at radius 3 is 3.17 bits per heavy atom. The predicted molar refractivity (Wildman–Crippen MR) is 72.4 cm³/mol. The summed E-state index contributed by atoms with van der Waals surface area (Å²) < 4.78 is 1.22. The fourth-order valence-electron chi connectivity index (χ4n) is 1.31. The molecule has 0 aromatic carbocycles. The summed E-state index contributed by atoms with van der Waals surface area (Å²) in [6.45, 7) is 6.49. The second-order valence-electron chi connectivity index (χ2n) is 3.48. The van der Waals surface area contributed by atoms with Crippen molar-refractivity contribution in [2.45, 2.75) is 18.5 Å². The molecule has 0 spiro atoms. The Labute approximate surface area is 111 Å². The van der Waals surface area contributed by atoms with Crippen molar-refractivity contribution in [3.05, 3.63) is 19.0 Å². The third kappa shape index (κ3) is 3.93. The molecule has 0 aliphatic carbocycles. The largest absolute Gasteiger partial charge is 0.346 e. The number of carbonyl (C=O) groups is 1. The summed E-state index contributed by atoms with van der Waals surface area (Å²) >= 11 is 1.42. The summed E-state index contributed by atoms with van der Waals surface area (Å²) in [6.07, 6.45) is 9.26. The first kappa shape index (κ1) is 14.3. The highest BCUT2D eigenvalue weighted by Gasteiger charge is 2.15. The molecule has 0 saturated heterocycles. The topological polar surface area (TPSA) is 51.0 Å². The Hall–Kier alpha value is -1.74. The van der Waals surface area contributed by atoms with E-state index in [1.54, 1.807) is 11.0 Å². The molecule has 1 rings (SSSR count). The molecular formula is C12H16N4OS. The lowest BCUT2D eigenvalue weighted by Gasteiger charge is -2.18. The van der Waals surface area contributed by atoms with Crippen LogP contribution in [0.3, 0.4) is 0 Å². The summed E-state index contributed by atoms with van der Waals surface area (Å²) in [5.41, 5.74) is 0. The number of terminal acetylenes is 1. The average molecular weight is 264 g/mol. The molecular weight excluding hydrogens is 248 g/mol. The Bertz CT molecular complexity index is 449. The summed E-state index contributed by atoms with van der Waals surface area (Å²) in [7, 11) is 0. The Balaban J connectivity index is 2.72. The maximum atomic E-state index is 12.1. The summed E-state index contributed by atoms with van der Waals surface area (Å²) in [4.78, 5) is 17.7. The monoisotopic (exact) mass is 264 g/mol. The molecule has 1 aromatic heterocycles. The zero-order chi connectivity index (χ0) is 13.4. The average Bonchev–Trinajstić information content (AvgIpc) is 2.84. The lowest BCUT2D eigenvalue weighted by atomic mass is 10.4. The van der Waals surface area contributed by atoms with Gasteiger partial charge < -0.3 is 4.90 Å². The molecule has 18 heavy (non-hydrogen) atoms. The van der Waals surface area contributed by atoms with E-state index in [2.05, 4.69) is 22.6 Å². The standard InChI is InChI=1S/C12H16N4OS/c1-4-7-15(8-5-2)12(17)16-10-13-11(14-16)18-9-6-3/h1,6,10H,3,5,7-9H2,2H3. The molecule has 0 aliphatic rings. The molecule has 96 valence electrons. The van der Waals surface area contributed by atoms with Gasteiger partial charge in [0.25, 0.3) is 0 Å². The number of rotatable bonds is 6. The van der Waals surface area contributed by atoms with E-state index in [-0.39, 0.29) is 12.6 Å². The van der Waals surface area contributed by atoms with Crippen LogP contribution in [0.5, 0.6) is 0 Å². The van der Waals surface area contributed by atoms with Gasteiger partial charge in [0.1, 0.15) is 6.33 Å². The highest BCUT2D eigenvalue weighted by Crippen LogP contribution is 2.11. The predicted octanol–water partition coefficient (Wildman–Crippen LogP) is 1.87. The molecule has 1 amide bonds. The lowest BCUT2D eigenvalue weighted by Crippen LogP contribution is -2.36. The van der Waals surface area contributed by atoms with Crippen LogP contribution in [0.1, 0.15) is 13.3 Å². The molecule has 0 unspecified atom stereocenters. The first-order chi connectivity index (χ1) is 8.72. The van der Waals surface area contributed by atoms with Gasteiger partial charge in [0.2, 0.25) is 5.16 Å². The Morgan fingerprint density at radius 1 is 1.78 bits per heavy atom. The molecule has 0 bridgehead atoms. The second-order valence-corrected chi connectivity index (χ2v) is 4.47. The highest BCUT2D eigenvalue weighted by atomic mass is 32.2. The van der Waals surface area contributed by atoms with E-state index in [1.165, 1.54) is 22.8 Å². The van der Waals surface area contributed by atoms with Crippen molar-refractivity contribution in [3.63, 3.8) is 0 Å². The van der Waals surface area contributed by atoms with Crippen molar-refractivity contribution >= 4 is 17.8 Å². The number of amides is 1. The van der Waals surface area contributed by atoms with Crippen molar-refractivity contribution in [1.29, 1.82) is 0 Å². The van der Waals surface area contributed by atoms with E-state index < -0.39 is 0 Å². The fraction of sp³-hybridized carbons (Fsp3) is 0.417. The van der Waals surface area contributed by atoms with E-state index in [0.717, 1.165) is 6.42 Å². The Kier molecular flexibility index (Phi) is 6.01. The quantitative estimate of drug-likeness (QED) is 0.447. The maximum Gasteiger partial charge on any atom is 0.346 e. The number of hydrogen-bond acceptors (Lipinski definition) is 4. The van der Waals surface area contributed by atoms with Gasteiger partial charge >= 0.3 is 6.03 Å². The Morgan fingerprint density at radius 2 is 2.56 bits per heavy atom. The fourth-order valence-corrected chi connectivity index (χ4v) is 1.84.